The molecule has 2 atom stereocenters. The van der Waals surface area contributed by atoms with Gasteiger partial charge in [0, 0.05) is 43.6 Å². The molecular formula is C19H20N2O4. The average molecular weight is 340 g/mol. The van der Waals surface area contributed by atoms with Crippen LogP contribution in [0.1, 0.15) is 28.5 Å². The van der Waals surface area contributed by atoms with E-state index in [0.29, 0.717) is 31.7 Å². The van der Waals surface area contributed by atoms with E-state index in [-0.39, 0.29) is 29.4 Å². The van der Waals surface area contributed by atoms with Crippen LogP contribution in [0.25, 0.3) is 0 Å². The van der Waals surface area contributed by atoms with Gasteiger partial charge in [0.05, 0.1) is 6.26 Å². The molecule has 0 spiro atoms. The number of benzene rings is 1. The van der Waals surface area contributed by atoms with Crippen LogP contribution in [0.5, 0.6) is 5.75 Å². The van der Waals surface area contributed by atoms with Crippen LogP contribution in [0.3, 0.4) is 0 Å². The number of carbonyl (C=O) groups excluding carboxylic acids is 2. The lowest BCUT2D eigenvalue weighted by Crippen LogP contribution is -2.51. The standard InChI is InChI=1S/C19H20N2O4/c22-14-4-1-3-13(11-14)18(23)20-6-8-21(9-7-20)19(24)16-12-15(16)17-5-2-10-25-17/h1-5,10-11,15-16,22H,6-9,12H2/t15-,16-/m1/s1. The Labute approximate surface area is 145 Å². The van der Waals surface area contributed by atoms with Gasteiger partial charge in [-0.25, -0.2) is 0 Å². The van der Waals surface area contributed by atoms with Gasteiger partial charge in [0.25, 0.3) is 5.91 Å². The second-order valence-corrected chi connectivity index (χ2v) is 6.63. The number of hydrogen-bond acceptors (Lipinski definition) is 4. The van der Waals surface area contributed by atoms with Gasteiger partial charge in [-0.2, -0.15) is 0 Å². The zero-order valence-corrected chi connectivity index (χ0v) is 13.8. The maximum atomic E-state index is 12.6. The van der Waals surface area contributed by atoms with Crippen LogP contribution in [0.15, 0.2) is 47.1 Å². The third-order valence-electron chi connectivity index (χ3n) is 4.99. The van der Waals surface area contributed by atoms with Gasteiger partial charge in [-0.1, -0.05) is 6.07 Å². The Morgan fingerprint density at radius 3 is 2.48 bits per heavy atom. The maximum Gasteiger partial charge on any atom is 0.254 e. The molecule has 1 aliphatic carbocycles. The number of aromatic hydroxyl groups is 1. The number of phenols is 1. The van der Waals surface area contributed by atoms with E-state index in [2.05, 4.69) is 0 Å². The lowest BCUT2D eigenvalue weighted by Gasteiger charge is -2.35. The molecule has 2 amide bonds. The number of amides is 2. The molecule has 4 rings (SSSR count). The number of nitrogens with zero attached hydrogens (tertiary/aromatic N) is 2. The monoisotopic (exact) mass is 340 g/mol. The first kappa shape index (κ1) is 15.7. The molecule has 2 aromatic rings. The quantitative estimate of drug-likeness (QED) is 0.928. The van der Waals surface area contributed by atoms with Crippen LogP contribution in [0.2, 0.25) is 0 Å². The molecule has 1 saturated heterocycles. The Kier molecular flexibility index (Phi) is 3.95. The molecule has 1 aromatic carbocycles. The van der Waals surface area contributed by atoms with Crippen molar-refractivity contribution >= 4 is 11.8 Å². The van der Waals surface area contributed by atoms with Crippen LogP contribution in [0.4, 0.5) is 0 Å². The molecule has 6 heteroatoms. The predicted octanol–water partition coefficient (Wildman–Crippen LogP) is 2.07. The largest absolute Gasteiger partial charge is 0.508 e. The van der Waals surface area contributed by atoms with Gasteiger partial charge in [0.2, 0.25) is 5.91 Å². The molecule has 2 fully saturated rings. The van der Waals surface area contributed by atoms with Crippen molar-refractivity contribution in [1.82, 2.24) is 9.80 Å². The number of carbonyl (C=O) groups is 2. The van der Waals surface area contributed by atoms with E-state index in [0.717, 1.165) is 12.2 Å². The van der Waals surface area contributed by atoms with Crippen LogP contribution in [-0.4, -0.2) is 52.9 Å². The fourth-order valence-corrected chi connectivity index (χ4v) is 3.47. The first-order valence-corrected chi connectivity index (χ1v) is 8.54. The van der Waals surface area contributed by atoms with E-state index in [9.17, 15) is 14.7 Å². The lowest BCUT2D eigenvalue weighted by molar-refractivity contribution is -0.134. The van der Waals surface area contributed by atoms with Crippen molar-refractivity contribution in [1.29, 1.82) is 0 Å². The SMILES string of the molecule is O=C(c1cccc(O)c1)N1CCN(C(=O)[C@@H]2C[C@H]2c2ccco2)CC1. The molecule has 0 bridgehead atoms. The number of hydrogen-bond donors (Lipinski definition) is 1. The fourth-order valence-electron chi connectivity index (χ4n) is 3.47. The smallest absolute Gasteiger partial charge is 0.254 e. The van der Waals surface area contributed by atoms with E-state index >= 15 is 0 Å². The Hall–Kier alpha value is -2.76. The molecule has 2 heterocycles. The van der Waals surface area contributed by atoms with E-state index in [1.54, 1.807) is 29.4 Å². The molecule has 0 radical (unpaired) electrons. The summed E-state index contributed by atoms with van der Waals surface area (Å²) in [7, 11) is 0. The normalized spacial score (nSPS) is 22.7. The van der Waals surface area contributed by atoms with Crippen molar-refractivity contribution in [3.63, 3.8) is 0 Å². The number of furan rings is 1. The van der Waals surface area contributed by atoms with Gasteiger partial charge >= 0.3 is 0 Å². The summed E-state index contributed by atoms with van der Waals surface area (Å²) in [5.74, 6) is 1.23. The topological polar surface area (TPSA) is 74.0 Å². The molecule has 25 heavy (non-hydrogen) atoms. The molecule has 6 nitrogen and oxygen atoms in total. The van der Waals surface area contributed by atoms with Gasteiger partial charge in [0.1, 0.15) is 11.5 Å². The van der Waals surface area contributed by atoms with Gasteiger partial charge in [-0.15, -0.1) is 0 Å². The van der Waals surface area contributed by atoms with Crippen molar-refractivity contribution in [2.75, 3.05) is 26.2 Å². The molecular weight excluding hydrogens is 320 g/mol. The Morgan fingerprint density at radius 2 is 1.80 bits per heavy atom. The molecule has 2 aliphatic rings. The summed E-state index contributed by atoms with van der Waals surface area (Å²) < 4.78 is 5.39. The van der Waals surface area contributed by atoms with Crippen LogP contribution < -0.4 is 0 Å². The second kappa shape index (κ2) is 6.27. The van der Waals surface area contributed by atoms with Gasteiger partial charge in [-0.3, -0.25) is 9.59 Å². The van der Waals surface area contributed by atoms with Crippen molar-refractivity contribution in [3.8, 4) is 5.75 Å². The molecule has 1 aromatic heterocycles. The van der Waals surface area contributed by atoms with E-state index < -0.39 is 0 Å². The highest BCUT2D eigenvalue weighted by molar-refractivity contribution is 5.94. The van der Waals surface area contributed by atoms with Crippen LogP contribution in [-0.2, 0) is 4.79 Å². The maximum absolute atomic E-state index is 12.6. The highest BCUT2D eigenvalue weighted by atomic mass is 16.3. The van der Waals surface area contributed by atoms with Crippen LogP contribution in [0, 0.1) is 5.92 Å². The van der Waals surface area contributed by atoms with E-state index in [1.807, 2.05) is 17.0 Å². The first-order valence-electron chi connectivity index (χ1n) is 8.54. The third-order valence-corrected chi connectivity index (χ3v) is 4.99. The van der Waals surface area contributed by atoms with Crippen molar-refractivity contribution < 1.29 is 19.1 Å². The van der Waals surface area contributed by atoms with Gasteiger partial charge in [0.15, 0.2) is 0 Å². The molecule has 1 aliphatic heterocycles. The number of phenolic OH excluding ortho intramolecular Hbond substituents is 1. The highest BCUT2D eigenvalue weighted by Crippen LogP contribution is 2.48. The summed E-state index contributed by atoms with van der Waals surface area (Å²) in [6, 6.07) is 10.1. The highest BCUT2D eigenvalue weighted by Gasteiger charge is 2.47. The second-order valence-electron chi connectivity index (χ2n) is 6.63. The summed E-state index contributed by atoms with van der Waals surface area (Å²) in [6.45, 7) is 2.12. The van der Waals surface area contributed by atoms with Gasteiger partial charge in [-0.05, 0) is 36.8 Å². The molecule has 0 unspecified atom stereocenters. The van der Waals surface area contributed by atoms with Crippen molar-refractivity contribution in [2.24, 2.45) is 5.92 Å². The lowest BCUT2D eigenvalue weighted by atomic mass is 10.1. The average Bonchev–Trinajstić information content (AvgIpc) is 3.25. The summed E-state index contributed by atoms with van der Waals surface area (Å²) >= 11 is 0. The van der Waals surface area contributed by atoms with Gasteiger partial charge < -0.3 is 19.3 Å². The van der Waals surface area contributed by atoms with E-state index in [4.69, 9.17) is 4.42 Å². The Bertz CT molecular complexity index is 778. The minimum atomic E-state index is -0.108. The summed E-state index contributed by atoms with van der Waals surface area (Å²) in [6.07, 6.45) is 2.48. The Morgan fingerprint density at radius 1 is 1.04 bits per heavy atom. The summed E-state index contributed by atoms with van der Waals surface area (Å²) in [5.41, 5.74) is 0.472. The zero-order chi connectivity index (χ0) is 17.4. The number of rotatable bonds is 3. The number of piperazine rings is 1. The third kappa shape index (κ3) is 3.12. The van der Waals surface area contributed by atoms with Crippen LogP contribution >= 0.6 is 0 Å². The summed E-state index contributed by atoms with van der Waals surface area (Å²) in [5, 5.41) is 9.52. The minimum Gasteiger partial charge on any atom is -0.508 e. The van der Waals surface area contributed by atoms with Crippen molar-refractivity contribution in [3.05, 3.63) is 54.0 Å². The first-order chi connectivity index (χ1) is 12.1. The minimum absolute atomic E-state index is 0.0134. The summed E-state index contributed by atoms with van der Waals surface area (Å²) in [4.78, 5) is 28.7. The van der Waals surface area contributed by atoms with E-state index in [1.165, 1.54) is 6.07 Å². The molecule has 130 valence electrons. The Balaban J connectivity index is 1.33. The van der Waals surface area contributed by atoms with Crippen molar-refractivity contribution in [2.45, 2.75) is 12.3 Å². The predicted molar refractivity (Wildman–Crippen MR) is 90.1 cm³/mol. The fraction of sp³-hybridized carbons (Fsp3) is 0.368. The molecule has 1 saturated carbocycles. The molecule has 1 N–H and O–H groups in total. The zero-order valence-electron chi connectivity index (χ0n) is 13.8.